The first-order valence-corrected chi connectivity index (χ1v) is 7.42. The van der Waals surface area contributed by atoms with E-state index in [9.17, 15) is 9.18 Å². The quantitative estimate of drug-likeness (QED) is 0.838. The Hall–Kier alpha value is -1.13. The number of hydrogen-bond acceptors (Lipinski definition) is 2. The van der Waals surface area contributed by atoms with E-state index in [1.165, 1.54) is 12.1 Å². The minimum Gasteiger partial charge on any atom is -0.337 e. The van der Waals surface area contributed by atoms with Crippen LogP contribution in [-0.4, -0.2) is 40.9 Å². The molecule has 3 nitrogen and oxygen atoms in total. The molecule has 0 spiro atoms. The van der Waals surface area contributed by atoms with Gasteiger partial charge in [0, 0.05) is 30.7 Å². The third kappa shape index (κ3) is 2.42. The Kier molecular flexibility index (Phi) is 3.69. The Labute approximate surface area is 123 Å². The Morgan fingerprint density at radius 2 is 2.25 bits per heavy atom. The summed E-state index contributed by atoms with van der Waals surface area (Å²) < 4.78 is 13.1. The van der Waals surface area contributed by atoms with Crippen molar-refractivity contribution in [2.75, 3.05) is 13.1 Å². The summed E-state index contributed by atoms with van der Waals surface area (Å²) in [4.78, 5) is 16.5. The number of piperazine rings is 1. The van der Waals surface area contributed by atoms with Crippen LogP contribution in [0, 0.1) is 5.82 Å². The second-order valence-corrected chi connectivity index (χ2v) is 6.08. The first-order chi connectivity index (χ1) is 9.56. The lowest BCUT2D eigenvalue weighted by molar-refractivity contribution is -0.143. The number of carbonyl (C=O) groups excluding carboxylic acids is 1. The normalized spacial score (nSPS) is 26.9. The van der Waals surface area contributed by atoms with Crippen molar-refractivity contribution in [1.29, 1.82) is 0 Å². The molecule has 5 heteroatoms. The van der Waals surface area contributed by atoms with Crippen LogP contribution < -0.4 is 0 Å². The summed E-state index contributed by atoms with van der Waals surface area (Å²) in [6, 6.07) is 4.65. The van der Waals surface area contributed by atoms with E-state index < -0.39 is 0 Å². The minimum absolute atomic E-state index is 0.134. The molecule has 2 fully saturated rings. The van der Waals surface area contributed by atoms with Gasteiger partial charge >= 0.3 is 0 Å². The van der Waals surface area contributed by atoms with Gasteiger partial charge in [0.15, 0.2) is 0 Å². The zero-order valence-electron chi connectivity index (χ0n) is 11.5. The highest BCUT2D eigenvalue weighted by molar-refractivity contribution is 6.31. The van der Waals surface area contributed by atoms with Crippen molar-refractivity contribution < 1.29 is 9.18 Å². The van der Waals surface area contributed by atoms with Crippen LogP contribution in [0.15, 0.2) is 18.2 Å². The summed E-state index contributed by atoms with van der Waals surface area (Å²) in [6.07, 6.45) is 2.17. The lowest BCUT2D eigenvalue weighted by Crippen LogP contribution is -2.58. The van der Waals surface area contributed by atoms with Crippen LogP contribution in [0.1, 0.15) is 25.3 Å². The number of carbonyl (C=O) groups is 1. The van der Waals surface area contributed by atoms with Crippen LogP contribution in [0.2, 0.25) is 5.02 Å². The topological polar surface area (TPSA) is 23.6 Å². The van der Waals surface area contributed by atoms with E-state index >= 15 is 0 Å². The van der Waals surface area contributed by atoms with E-state index in [1.807, 2.05) is 11.8 Å². The standard InChI is InChI=1S/C15H18ClFN2O/c1-10-15(20)19-6-2-3-13(19)9-18(10)8-11-4-5-12(17)7-14(11)16/h4-5,7,10,13H,2-3,6,8-9H2,1H3/t10-,13-/m0/s1. The molecule has 108 valence electrons. The third-order valence-corrected chi connectivity index (χ3v) is 4.75. The van der Waals surface area contributed by atoms with Crippen molar-refractivity contribution in [2.45, 2.75) is 38.4 Å². The summed E-state index contributed by atoms with van der Waals surface area (Å²) in [6.45, 7) is 4.30. The summed E-state index contributed by atoms with van der Waals surface area (Å²) in [5.41, 5.74) is 0.874. The lowest BCUT2D eigenvalue weighted by atomic mass is 10.1. The average molecular weight is 297 g/mol. The van der Waals surface area contributed by atoms with Crippen molar-refractivity contribution in [3.8, 4) is 0 Å². The maximum atomic E-state index is 13.1. The predicted octanol–water partition coefficient (Wildman–Crippen LogP) is 2.67. The highest BCUT2D eigenvalue weighted by atomic mass is 35.5. The molecule has 1 aromatic carbocycles. The van der Waals surface area contributed by atoms with E-state index in [2.05, 4.69) is 4.90 Å². The highest BCUT2D eigenvalue weighted by Gasteiger charge is 2.40. The second-order valence-electron chi connectivity index (χ2n) is 5.67. The maximum Gasteiger partial charge on any atom is 0.239 e. The number of hydrogen-bond donors (Lipinski definition) is 0. The van der Waals surface area contributed by atoms with Gasteiger partial charge in [0.1, 0.15) is 5.82 Å². The maximum absolute atomic E-state index is 13.1. The number of rotatable bonds is 2. The van der Waals surface area contributed by atoms with Gasteiger partial charge in [-0.1, -0.05) is 17.7 Å². The number of fused-ring (bicyclic) bond motifs is 1. The Bertz CT molecular complexity index is 537. The third-order valence-electron chi connectivity index (χ3n) is 4.40. The van der Waals surface area contributed by atoms with Gasteiger partial charge in [-0.25, -0.2) is 4.39 Å². The van der Waals surface area contributed by atoms with Gasteiger partial charge in [-0.05, 0) is 37.5 Å². The van der Waals surface area contributed by atoms with E-state index in [1.54, 1.807) is 6.07 Å². The molecule has 2 aliphatic heterocycles. The first-order valence-electron chi connectivity index (χ1n) is 7.04. The summed E-state index contributed by atoms with van der Waals surface area (Å²) in [5.74, 6) is -0.125. The van der Waals surface area contributed by atoms with Crippen molar-refractivity contribution in [3.05, 3.63) is 34.6 Å². The first kappa shape index (κ1) is 13.8. The molecule has 3 rings (SSSR count). The summed E-state index contributed by atoms with van der Waals surface area (Å²) >= 11 is 6.08. The molecule has 0 saturated carbocycles. The van der Waals surface area contributed by atoms with E-state index in [-0.39, 0.29) is 17.8 Å². The van der Waals surface area contributed by atoms with Gasteiger partial charge in [0.25, 0.3) is 0 Å². The fourth-order valence-corrected chi connectivity index (χ4v) is 3.44. The fourth-order valence-electron chi connectivity index (χ4n) is 3.21. The fraction of sp³-hybridized carbons (Fsp3) is 0.533. The van der Waals surface area contributed by atoms with Crippen LogP contribution in [-0.2, 0) is 11.3 Å². The molecule has 0 radical (unpaired) electrons. The number of nitrogens with zero attached hydrogens (tertiary/aromatic N) is 2. The van der Waals surface area contributed by atoms with Gasteiger partial charge in [-0.3, -0.25) is 9.69 Å². The lowest BCUT2D eigenvalue weighted by Gasteiger charge is -2.41. The van der Waals surface area contributed by atoms with Gasteiger partial charge in [0.2, 0.25) is 5.91 Å². The smallest absolute Gasteiger partial charge is 0.239 e. The molecule has 0 unspecified atom stereocenters. The SMILES string of the molecule is C[C@H]1C(=O)N2CCC[C@H]2CN1Cc1ccc(F)cc1Cl. The molecular weight excluding hydrogens is 279 g/mol. The Morgan fingerprint density at radius 3 is 3.00 bits per heavy atom. The molecule has 2 heterocycles. The molecule has 1 aromatic rings. The van der Waals surface area contributed by atoms with Gasteiger partial charge in [0.05, 0.1) is 6.04 Å². The molecule has 1 amide bonds. The van der Waals surface area contributed by atoms with Crippen LogP contribution >= 0.6 is 11.6 Å². The number of amides is 1. The van der Waals surface area contributed by atoms with Gasteiger partial charge in [-0.2, -0.15) is 0 Å². The zero-order chi connectivity index (χ0) is 14.3. The second kappa shape index (κ2) is 5.34. The molecule has 0 aliphatic carbocycles. The highest BCUT2D eigenvalue weighted by Crippen LogP contribution is 2.28. The van der Waals surface area contributed by atoms with E-state index in [0.717, 1.165) is 31.5 Å². The molecule has 0 aromatic heterocycles. The molecule has 2 saturated heterocycles. The van der Waals surface area contributed by atoms with Crippen LogP contribution in [0.25, 0.3) is 0 Å². The van der Waals surface area contributed by atoms with Crippen LogP contribution in [0.3, 0.4) is 0 Å². The van der Waals surface area contributed by atoms with Crippen LogP contribution in [0.4, 0.5) is 4.39 Å². The Balaban J connectivity index is 1.78. The van der Waals surface area contributed by atoms with Crippen molar-refractivity contribution >= 4 is 17.5 Å². The zero-order valence-corrected chi connectivity index (χ0v) is 12.2. The molecule has 0 bridgehead atoms. The van der Waals surface area contributed by atoms with Gasteiger partial charge in [-0.15, -0.1) is 0 Å². The number of halogens is 2. The van der Waals surface area contributed by atoms with Crippen molar-refractivity contribution in [1.82, 2.24) is 9.80 Å². The monoisotopic (exact) mass is 296 g/mol. The Morgan fingerprint density at radius 1 is 1.45 bits per heavy atom. The van der Waals surface area contributed by atoms with Crippen molar-refractivity contribution in [3.63, 3.8) is 0 Å². The van der Waals surface area contributed by atoms with Crippen LogP contribution in [0.5, 0.6) is 0 Å². The summed E-state index contributed by atoms with van der Waals surface area (Å²) in [7, 11) is 0. The molecule has 20 heavy (non-hydrogen) atoms. The average Bonchev–Trinajstić information content (AvgIpc) is 2.87. The molecule has 2 aliphatic rings. The molecule has 0 N–H and O–H groups in total. The predicted molar refractivity (Wildman–Crippen MR) is 76.0 cm³/mol. The van der Waals surface area contributed by atoms with E-state index in [0.29, 0.717) is 17.6 Å². The van der Waals surface area contributed by atoms with Gasteiger partial charge < -0.3 is 4.90 Å². The molecule has 2 atom stereocenters. The largest absolute Gasteiger partial charge is 0.337 e. The number of benzene rings is 1. The van der Waals surface area contributed by atoms with Crippen molar-refractivity contribution in [2.24, 2.45) is 0 Å². The minimum atomic E-state index is -0.330. The summed E-state index contributed by atoms with van der Waals surface area (Å²) in [5, 5.41) is 0.429. The van der Waals surface area contributed by atoms with E-state index in [4.69, 9.17) is 11.6 Å². The molecular formula is C15H18ClFN2O.